The molecule has 4 rings (SSSR count). The molecule has 0 spiro atoms. The molecule has 1 saturated heterocycles. The van der Waals surface area contributed by atoms with Crippen LogP contribution in [0.15, 0.2) is 66.7 Å². The minimum Gasteiger partial charge on any atom is -0.449 e. The first-order valence-corrected chi connectivity index (χ1v) is 11.6. The Morgan fingerprint density at radius 3 is 2.39 bits per heavy atom. The Morgan fingerprint density at radius 2 is 1.71 bits per heavy atom. The number of hydrogen-bond acceptors (Lipinski definition) is 5. The van der Waals surface area contributed by atoms with Crippen molar-refractivity contribution in [3.05, 3.63) is 72.3 Å². The summed E-state index contributed by atoms with van der Waals surface area (Å²) in [5.74, 6) is -0.971. The lowest BCUT2D eigenvalue weighted by molar-refractivity contribution is -0.123. The molecule has 1 amide bonds. The second kappa shape index (κ2) is 8.39. The highest BCUT2D eigenvalue weighted by atomic mass is 32.2. The summed E-state index contributed by atoms with van der Waals surface area (Å²) in [6, 6.07) is 19.5. The molecule has 7 nitrogen and oxygen atoms in total. The Labute approximate surface area is 180 Å². The molecule has 1 aliphatic heterocycles. The van der Waals surface area contributed by atoms with E-state index in [1.165, 1.54) is 23.4 Å². The SMILES string of the molecule is CC(OC(=O)c1ccc(N2CCCS2(=O)=O)cc1)C(=O)Nc1ccc2ccccc2c1. The molecule has 160 valence electrons. The molecule has 3 aromatic carbocycles. The van der Waals surface area contributed by atoms with Crippen LogP contribution >= 0.6 is 0 Å². The second-order valence-electron chi connectivity index (χ2n) is 7.39. The fourth-order valence-corrected chi connectivity index (χ4v) is 5.05. The van der Waals surface area contributed by atoms with Crippen LogP contribution in [0.1, 0.15) is 23.7 Å². The Morgan fingerprint density at radius 1 is 1.00 bits per heavy atom. The highest BCUT2D eigenvalue weighted by Gasteiger charge is 2.28. The second-order valence-corrected chi connectivity index (χ2v) is 9.40. The van der Waals surface area contributed by atoms with Crippen molar-refractivity contribution in [1.29, 1.82) is 0 Å². The molecule has 1 atom stereocenters. The molecule has 31 heavy (non-hydrogen) atoms. The molecular weight excluding hydrogens is 416 g/mol. The van der Waals surface area contributed by atoms with E-state index in [0.717, 1.165) is 10.8 Å². The number of ether oxygens (including phenoxy) is 1. The van der Waals surface area contributed by atoms with Crippen molar-refractivity contribution in [2.24, 2.45) is 0 Å². The number of anilines is 2. The zero-order valence-electron chi connectivity index (χ0n) is 16.9. The van der Waals surface area contributed by atoms with Gasteiger partial charge in [0, 0.05) is 12.2 Å². The minimum atomic E-state index is -3.28. The number of rotatable bonds is 5. The van der Waals surface area contributed by atoms with E-state index in [9.17, 15) is 18.0 Å². The molecule has 1 unspecified atom stereocenters. The van der Waals surface area contributed by atoms with Gasteiger partial charge in [0.1, 0.15) is 0 Å². The average Bonchev–Trinajstić information content (AvgIpc) is 3.12. The number of nitrogens with zero attached hydrogens (tertiary/aromatic N) is 1. The number of esters is 1. The lowest BCUT2D eigenvalue weighted by atomic mass is 10.1. The number of nitrogens with one attached hydrogen (secondary N) is 1. The van der Waals surface area contributed by atoms with Gasteiger partial charge >= 0.3 is 5.97 Å². The summed E-state index contributed by atoms with van der Waals surface area (Å²) in [4.78, 5) is 24.9. The monoisotopic (exact) mass is 438 g/mol. The van der Waals surface area contributed by atoms with Crippen molar-refractivity contribution in [3.8, 4) is 0 Å². The maximum absolute atomic E-state index is 12.5. The third-order valence-electron chi connectivity index (χ3n) is 5.16. The number of carbonyl (C=O) groups is 2. The third kappa shape index (κ3) is 4.54. The Kier molecular flexibility index (Phi) is 5.65. The van der Waals surface area contributed by atoms with Crippen LogP contribution < -0.4 is 9.62 Å². The van der Waals surface area contributed by atoms with Crippen LogP contribution in [0.4, 0.5) is 11.4 Å². The van der Waals surface area contributed by atoms with E-state index < -0.39 is 28.0 Å². The first-order valence-electron chi connectivity index (χ1n) is 9.95. The van der Waals surface area contributed by atoms with Crippen molar-refractivity contribution in [1.82, 2.24) is 0 Å². The lowest BCUT2D eigenvalue weighted by Crippen LogP contribution is -2.30. The van der Waals surface area contributed by atoms with Crippen LogP contribution in [-0.4, -0.2) is 38.7 Å². The normalized spacial score (nSPS) is 16.1. The van der Waals surface area contributed by atoms with Gasteiger partial charge in [-0.05, 0) is 60.5 Å². The van der Waals surface area contributed by atoms with Gasteiger partial charge in [-0.2, -0.15) is 0 Å². The van der Waals surface area contributed by atoms with Crippen LogP contribution in [0, 0.1) is 0 Å². The van der Waals surface area contributed by atoms with Crippen molar-refractivity contribution in [3.63, 3.8) is 0 Å². The molecular formula is C23H22N2O5S. The van der Waals surface area contributed by atoms with Crippen molar-refractivity contribution in [2.45, 2.75) is 19.4 Å². The van der Waals surface area contributed by atoms with Crippen LogP contribution in [0.5, 0.6) is 0 Å². The predicted molar refractivity (Wildman–Crippen MR) is 120 cm³/mol. The summed E-state index contributed by atoms with van der Waals surface area (Å²) in [5.41, 5.74) is 1.37. The number of benzene rings is 3. The molecule has 1 N–H and O–H groups in total. The molecule has 1 heterocycles. The minimum absolute atomic E-state index is 0.126. The van der Waals surface area contributed by atoms with E-state index in [1.54, 1.807) is 18.2 Å². The average molecular weight is 439 g/mol. The Bertz CT molecular complexity index is 1240. The molecule has 0 bridgehead atoms. The number of carbonyl (C=O) groups excluding carboxylic acids is 2. The molecule has 8 heteroatoms. The van der Waals surface area contributed by atoms with Gasteiger partial charge in [0.25, 0.3) is 5.91 Å². The largest absolute Gasteiger partial charge is 0.449 e. The fraction of sp³-hybridized carbons (Fsp3) is 0.217. The number of fused-ring (bicyclic) bond motifs is 1. The van der Waals surface area contributed by atoms with Gasteiger partial charge in [-0.15, -0.1) is 0 Å². The smallest absolute Gasteiger partial charge is 0.338 e. The summed E-state index contributed by atoms with van der Waals surface area (Å²) < 4.78 is 30.6. The summed E-state index contributed by atoms with van der Waals surface area (Å²) in [7, 11) is -3.28. The van der Waals surface area contributed by atoms with E-state index in [-0.39, 0.29) is 11.3 Å². The summed E-state index contributed by atoms with van der Waals surface area (Å²) in [6.45, 7) is 1.93. The van der Waals surface area contributed by atoms with Crippen LogP contribution in [-0.2, 0) is 19.6 Å². The predicted octanol–water partition coefficient (Wildman–Crippen LogP) is 3.56. The topological polar surface area (TPSA) is 92.8 Å². The first kappa shape index (κ1) is 20.9. The highest BCUT2D eigenvalue weighted by Crippen LogP contribution is 2.24. The fourth-order valence-electron chi connectivity index (χ4n) is 3.49. The maximum Gasteiger partial charge on any atom is 0.338 e. The lowest BCUT2D eigenvalue weighted by Gasteiger charge is -2.17. The highest BCUT2D eigenvalue weighted by molar-refractivity contribution is 7.93. The van der Waals surface area contributed by atoms with E-state index in [0.29, 0.717) is 24.3 Å². The number of amides is 1. The molecule has 1 fully saturated rings. The van der Waals surface area contributed by atoms with Gasteiger partial charge < -0.3 is 10.1 Å². The van der Waals surface area contributed by atoms with Crippen LogP contribution in [0.2, 0.25) is 0 Å². The van der Waals surface area contributed by atoms with Gasteiger partial charge in [-0.25, -0.2) is 13.2 Å². The summed E-state index contributed by atoms with van der Waals surface area (Å²) in [6.07, 6.45) is -0.423. The van der Waals surface area contributed by atoms with Crippen molar-refractivity contribution in [2.75, 3.05) is 21.9 Å². The van der Waals surface area contributed by atoms with E-state index in [2.05, 4.69) is 5.32 Å². The van der Waals surface area contributed by atoms with E-state index >= 15 is 0 Å². The van der Waals surface area contributed by atoms with E-state index in [4.69, 9.17) is 4.74 Å². The standard InChI is InChI=1S/C23H22N2O5S/c1-16(22(26)24-20-10-7-17-5-2-3-6-19(17)15-20)30-23(27)18-8-11-21(12-9-18)25-13-4-14-31(25,28)29/h2-3,5-12,15-16H,4,13-14H2,1H3,(H,24,26). The summed E-state index contributed by atoms with van der Waals surface area (Å²) in [5, 5.41) is 4.81. The van der Waals surface area contributed by atoms with Crippen molar-refractivity contribution >= 4 is 44.0 Å². The molecule has 1 aliphatic rings. The Balaban J connectivity index is 1.38. The van der Waals surface area contributed by atoms with Gasteiger partial charge in [0.15, 0.2) is 6.10 Å². The van der Waals surface area contributed by atoms with Gasteiger partial charge in [-0.1, -0.05) is 30.3 Å². The zero-order chi connectivity index (χ0) is 22.0. The molecule has 0 saturated carbocycles. The zero-order valence-corrected chi connectivity index (χ0v) is 17.8. The van der Waals surface area contributed by atoms with Gasteiger partial charge in [0.05, 0.1) is 17.0 Å². The third-order valence-corrected chi connectivity index (χ3v) is 7.03. The molecule has 0 radical (unpaired) electrons. The summed E-state index contributed by atoms with van der Waals surface area (Å²) >= 11 is 0. The maximum atomic E-state index is 12.5. The number of sulfonamides is 1. The van der Waals surface area contributed by atoms with Gasteiger partial charge in [-0.3, -0.25) is 9.10 Å². The van der Waals surface area contributed by atoms with Gasteiger partial charge in [0.2, 0.25) is 10.0 Å². The van der Waals surface area contributed by atoms with Crippen LogP contribution in [0.25, 0.3) is 10.8 Å². The quantitative estimate of drug-likeness (QED) is 0.615. The Hall–Kier alpha value is -3.39. The molecule has 0 aromatic heterocycles. The molecule has 3 aromatic rings. The molecule has 0 aliphatic carbocycles. The number of hydrogen-bond donors (Lipinski definition) is 1. The van der Waals surface area contributed by atoms with Crippen molar-refractivity contribution < 1.29 is 22.7 Å². The van der Waals surface area contributed by atoms with E-state index in [1.807, 2.05) is 36.4 Å². The van der Waals surface area contributed by atoms with Crippen LogP contribution in [0.3, 0.4) is 0 Å². The first-order chi connectivity index (χ1) is 14.8.